The van der Waals surface area contributed by atoms with Crippen molar-refractivity contribution < 1.29 is 20.1 Å². The average Bonchev–Trinajstić information content (AvgIpc) is 2.79. The molecule has 2 aromatic carbocycles. The minimum atomic E-state index is 0.150. The molecule has 0 bridgehead atoms. The Morgan fingerprint density at radius 1 is 0.758 bits per heavy atom. The van der Waals surface area contributed by atoms with Crippen molar-refractivity contribution in [3.63, 3.8) is 0 Å². The number of hydrogen-bond donors (Lipinski definition) is 3. The number of benzene rings is 2. The number of methoxy groups -OCH3 is 1. The second-order valence-electron chi connectivity index (χ2n) is 8.83. The van der Waals surface area contributed by atoms with Crippen LogP contribution in [-0.4, -0.2) is 27.4 Å². The maximum Gasteiger partial charge on any atom is 0.160 e. The van der Waals surface area contributed by atoms with Gasteiger partial charge in [0.1, 0.15) is 11.5 Å². The fourth-order valence-electron chi connectivity index (χ4n) is 2.95. The minimum Gasteiger partial charge on any atom is -0.508 e. The molecule has 0 saturated heterocycles. The van der Waals surface area contributed by atoms with Crippen LogP contribution in [0.2, 0.25) is 0 Å². The number of ether oxygens (including phenoxy) is 1. The predicted octanol–water partition coefficient (Wildman–Crippen LogP) is 7.26. The number of hydrogen-bond acceptors (Lipinski definition) is 5. The van der Waals surface area contributed by atoms with Gasteiger partial charge >= 0.3 is 0 Å². The van der Waals surface area contributed by atoms with Crippen LogP contribution in [-0.2, 0) is 0 Å². The number of phenolic OH excluding ortho intramolecular Hbond substituents is 3. The summed E-state index contributed by atoms with van der Waals surface area (Å²) in [5.41, 5.74) is 3.91. The summed E-state index contributed by atoms with van der Waals surface area (Å²) < 4.78 is 4.99. The molecule has 0 saturated carbocycles. The van der Waals surface area contributed by atoms with E-state index < -0.39 is 0 Å². The first-order chi connectivity index (χ1) is 15.5. The Morgan fingerprint density at radius 3 is 1.82 bits per heavy atom. The molecule has 3 rings (SSSR count). The van der Waals surface area contributed by atoms with Crippen LogP contribution in [0.3, 0.4) is 0 Å². The molecule has 3 N–H and O–H groups in total. The largest absolute Gasteiger partial charge is 0.508 e. The van der Waals surface area contributed by atoms with E-state index >= 15 is 0 Å². The molecule has 180 valence electrons. The normalized spacial score (nSPS) is 10.4. The van der Waals surface area contributed by atoms with Gasteiger partial charge in [-0.3, -0.25) is 4.98 Å². The van der Waals surface area contributed by atoms with Crippen molar-refractivity contribution in [2.24, 2.45) is 0 Å². The molecule has 0 unspecified atom stereocenters. The zero-order valence-corrected chi connectivity index (χ0v) is 21.1. The quantitative estimate of drug-likeness (QED) is 0.387. The molecule has 0 amide bonds. The van der Waals surface area contributed by atoms with Crippen LogP contribution in [0.5, 0.6) is 23.0 Å². The maximum atomic E-state index is 9.59. The molecule has 0 fully saturated rings. The minimum absolute atomic E-state index is 0.150. The van der Waals surface area contributed by atoms with E-state index in [1.54, 1.807) is 38.4 Å². The van der Waals surface area contributed by atoms with E-state index in [1.807, 2.05) is 38.2 Å². The molecule has 0 spiro atoms. The van der Waals surface area contributed by atoms with E-state index in [9.17, 15) is 15.3 Å². The van der Waals surface area contributed by atoms with Crippen molar-refractivity contribution in [2.45, 2.75) is 66.2 Å². The molecular formula is C28H39NO4. The van der Waals surface area contributed by atoms with E-state index in [2.05, 4.69) is 38.7 Å². The van der Waals surface area contributed by atoms with E-state index in [0.29, 0.717) is 23.1 Å². The van der Waals surface area contributed by atoms with Crippen LogP contribution >= 0.6 is 0 Å². The first-order valence-electron chi connectivity index (χ1n) is 11.3. The number of rotatable bonds is 4. The Kier molecular flexibility index (Phi) is 11.3. The van der Waals surface area contributed by atoms with Gasteiger partial charge in [0.15, 0.2) is 11.5 Å². The molecule has 0 radical (unpaired) electrons. The SMILES string of the molecule is CC(C)c1cccnc1.COc1cc(C(C)C)ccc1O.Cc1c(O)ccc(C(C)C)c1O. The molecule has 0 aliphatic heterocycles. The predicted molar refractivity (Wildman–Crippen MR) is 136 cm³/mol. The molecular weight excluding hydrogens is 414 g/mol. The van der Waals surface area contributed by atoms with Gasteiger partial charge in [-0.05, 0) is 65.6 Å². The molecule has 5 nitrogen and oxygen atoms in total. The lowest BCUT2D eigenvalue weighted by atomic mass is 9.99. The zero-order chi connectivity index (χ0) is 25.1. The Labute approximate surface area is 198 Å². The number of pyridine rings is 1. The van der Waals surface area contributed by atoms with E-state index in [1.165, 1.54) is 11.1 Å². The van der Waals surface area contributed by atoms with Crippen LogP contribution in [0.15, 0.2) is 54.9 Å². The second-order valence-corrected chi connectivity index (χ2v) is 8.83. The van der Waals surface area contributed by atoms with Crippen molar-refractivity contribution >= 4 is 0 Å². The van der Waals surface area contributed by atoms with Crippen LogP contribution < -0.4 is 4.74 Å². The first-order valence-corrected chi connectivity index (χ1v) is 11.3. The number of nitrogens with zero attached hydrogens (tertiary/aromatic N) is 1. The molecule has 1 heterocycles. The molecule has 5 heteroatoms. The fourth-order valence-corrected chi connectivity index (χ4v) is 2.95. The van der Waals surface area contributed by atoms with Gasteiger partial charge in [0.25, 0.3) is 0 Å². The van der Waals surface area contributed by atoms with Crippen molar-refractivity contribution in [3.05, 3.63) is 77.1 Å². The van der Waals surface area contributed by atoms with Gasteiger partial charge in [0.2, 0.25) is 0 Å². The third-order valence-corrected chi connectivity index (χ3v) is 5.28. The van der Waals surface area contributed by atoms with Crippen LogP contribution in [0.1, 0.15) is 81.5 Å². The molecule has 33 heavy (non-hydrogen) atoms. The molecule has 0 aliphatic carbocycles. The lowest BCUT2D eigenvalue weighted by Crippen LogP contribution is -1.89. The second kappa shape index (κ2) is 13.4. The summed E-state index contributed by atoms with van der Waals surface area (Å²) in [4.78, 5) is 4.01. The molecule has 0 aliphatic rings. The van der Waals surface area contributed by atoms with E-state index in [4.69, 9.17) is 4.74 Å². The van der Waals surface area contributed by atoms with Crippen molar-refractivity contribution in [3.8, 4) is 23.0 Å². The number of aromatic nitrogens is 1. The highest BCUT2D eigenvalue weighted by Gasteiger charge is 2.10. The van der Waals surface area contributed by atoms with Gasteiger partial charge in [0.05, 0.1) is 7.11 Å². The lowest BCUT2D eigenvalue weighted by molar-refractivity contribution is 0.372. The third kappa shape index (κ3) is 8.68. The van der Waals surface area contributed by atoms with Gasteiger partial charge < -0.3 is 20.1 Å². The summed E-state index contributed by atoms with van der Waals surface area (Å²) in [7, 11) is 1.55. The Hall–Kier alpha value is -3.21. The van der Waals surface area contributed by atoms with Gasteiger partial charge in [-0.15, -0.1) is 0 Å². The average molecular weight is 454 g/mol. The van der Waals surface area contributed by atoms with Crippen LogP contribution in [0.25, 0.3) is 0 Å². The standard InChI is InChI=1S/2C10H14O2.C8H11N/c1-7(2)8-4-5-9(11)10(6-8)12-3;1-6(2)8-4-5-9(11)7(3)10(8)12;1-7(2)8-4-3-5-9-6-8/h4-7,11H,1-3H3;4-6,11-12H,1-3H3;3-7H,1-2H3. The topological polar surface area (TPSA) is 82.8 Å². The Morgan fingerprint density at radius 2 is 1.36 bits per heavy atom. The number of aromatic hydroxyl groups is 3. The lowest BCUT2D eigenvalue weighted by Gasteiger charge is -2.10. The summed E-state index contributed by atoms with van der Waals surface area (Å²) in [5.74, 6) is 2.44. The highest BCUT2D eigenvalue weighted by molar-refractivity contribution is 5.48. The summed E-state index contributed by atoms with van der Waals surface area (Å²) in [6.07, 6.45) is 3.70. The fraction of sp³-hybridized carbons (Fsp3) is 0.393. The van der Waals surface area contributed by atoms with E-state index in [-0.39, 0.29) is 23.2 Å². The monoisotopic (exact) mass is 453 g/mol. The Bertz CT molecular complexity index is 983. The van der Waals surface area contributed by atoms with Gasteiger partial charge in [-0.25, -0.2) is 0 Å². The molecule has 3 aromatic rings. The van der Waals surface area contributed by atoms with Crippen molar-refractivity contribution in [1.29, 1.82) is 0 Å². The Balaban J connectivity index is 0.000000250. The summed E-state index contributed by atoms with van der Waals surface area (Å²) in [6, 6.07) is 12.9. The zero-order valence-electron chi connectivity index (χ0n) is 21.1. The van der Waals surface area contributed by atoms with Crippen molar-refractivity contribution in [2.75, 3.05) is 7.11 Å². The summed E-state index contributed by atoms with van der Waals surface area (Å²) >= 11 is 0. The van der Waals surface area contributed by atoms with Gasteiger partial charge in [0, 0.05) is 18.0 Å². The smallest absolute Gasteiger partial charge is 0.160 e. The highest BCUT2D eigenvalue weighted by atomic mass is 16.5. The maximum absolute atomic E-state index is 9.59. The van der Waals surface area contributed by atoms with Gasteiger partial charge in [-0.2, -0.15) is 0 Å². The van der Waals surface area contributed by atoms with Crippen molar-refractivity contribution in [1.82, 2.24) is 4.98 Å². The first kappa shape index (κ1) is 27.8. The molecule has 0 atom stereocenters. The van der Waals surface area contributed by atoms with Gasteiger partial charge in [-0.1, -0.05) is 59.7 Å². The molecule has 1 aromatic heterocycles. The van der Waals surface area contributed by atoms with Crippen LogP contribution in [0.4, 0.5) is 0 Å². The summed E-state index contributed by atoms with van der Waals surface area (Å²) in [5, 5.41) is 28.1. The summed E-state index contributed by atoms with van der Waals surface area (Å²) in [6.45, 7) is 14.2. The third-order valence-electron chi connectivity index (χ3n) is 5.28. The number of phenols is 3. The van der Waals surface area contributed by atoms with E-state index in [0.717, 1.165) is 5.56 Å². The highest BCUT2D eigenvalue weighted by Crippen LogP contribution is 2.33. The van der Waals surface area contributed by atoms with Crippen LogP contribution in [0, 0.1) is 6.92 Å².